The van der Waals surface area contributed by atoms with E-state index in [2.05, 4.69) is 0 Å². The molecule has 0 saturated heterocycles. The Morgan fingerprint density at radius 2 is 1.78 bits per heavy atom. The molecule has 0 aliphatic rings. The minimum Gasteiger partial charge on any atom is -0.488 e. The van der Waals surface area contributed by atoms with E-state index in [9.17, 15) is 4.39 Å². The van der Waals surface area contributed by atoms with Crippen molar-refractivity contribution in [3.63, 3.8) is 0 Å². The molecule has 0 saturated carbocycles. The zero-order valence-electron chi connectivity index (χ0n) is 10.3. The molecule has 0 aliphatic carbocycles. The lowest BCUT2D eigenvalue weighted by molar-refractivity contribution is 0.295. The predicted octanol–water partition coefficient (Wildman–Crippen LogP) is 3.42. The van der Waals surface area contributed by atoms with Crippen molar-refractivity contribution < 1.29 is 9.13 Å². The summed E-state index contributed by atoms with van der Waals surface area (Å²) >= 11 is 0. The largest absolute Gasteiger partial charge is 0.488 e. The number of para-hydroxylation sites is 1. The van der Waals surface area contributed by atoms with Crippen LogP contribution in [0.4, 0.5) is 4.39 Å². The minimum absolute atomic E-state index is 0.109. The van der Waals surface area contributed by atoms with E-state index in [1.165, 1.54) is 6.07 Å². The van der Waals surface area contributed by atoms with Crippen LogP contribution in [0.1, 0.15) is 24.1 Å². The monoisotopic (exact) mass is 245 g/mol. The summed E-state index contributed by atoms with van der Waals surface area (Å²) < 4.78 is 19.1. The van der Waals surface area contributed by atoms with Gasteiger partial charge in [-0.3, -0.25) is 0 Å². The number of hydrogen-bond acceptors (Lipinski definition) is 2. The number of hydrogen-bond donors (Lipinski definition) is 1. The summed E-state index contributed by atoms with van der Waals surface area (Å²) in [5.74, 6) is 0.450. The van der Waals surface area contributed by atoms with E-state index in [1.807, 2.05) is 31.2 Å². The van der Waals surface area contributed by atoms with Crippen LogP contribution in [-0.4, -0.2) is 0 Å². The second-order valence-electron chi connectivity index (χ2n) is 4.21. The fraction of sp³-hybridized carbons (Fsp3) is 0.200. The summed E-state index contributed by atoms with van der Waals surface area (Å²) in [5, 5.41) is 0. The van der Waals surface area contributed by atoms with Crippen molar-refractivity contribution in [2.45, 2.75) is 19.6 Å². The van der Waals surface area contributed by atoms with Gasteiger partial charge in [0.1, 0.15) is 18.2 Å². The standard InChI is InChI=1S/C15H16FNO/c1-11(17)13-7-3-5-9-15(13)18-10-12-6-2-4-8-14(12)16/h2-9,11H,10,17H2,1H3. The average molecular weight is 245 g/mol. The molecule has 0 aliphatic heterocycles. The summed E-state index contributed by atoms with van der Waals surface area (Å²) in [6.45, 7) is 2.10. The number of ether oxygens (including phenoxy) is 1. The smallest absolute Gasteiger partial charge is 0.129 e. The van der Waals surface area contributed by atoms with Crippen molar-refractivity contribution in [3.8, 4) is 5.75 Å². The van der Waals surface area contributed by atoms with Gasteiger partial charge in [0.05, 0.1) is 0 Å². The fourth-order valence-electron chi connectivity index (χ4n) is 1.76. The zero-order chi connectivity index (χ0) is 13.0. The van der Waals surface area contributed by atoms with Crippen LogP contribution in [0.2, 0.25) is 0 Å². The van der Waals surface area contributed by atoms with E-state index in [4.69, 9.17) is 10.5 Å². The SMILES string of the molecule is CC(N)c1ccccc1OCc1ccccc1F. The van der Waals surface area contributed by atoms with Gasteiger partial charge in [0, 0.05) is 17.2 Å². The molecular formula is C15H16FNO. The Labute approximate surface area is 106 Å². The van der Waals surface area contributed by atoms with Gasteiger partial charge in [-0.2, -0.15) is 0 Å². The van der Waals surface area contributed by atoms with Gasteiger partial charge >= 0.3 is 0 Å². The molecule has 0 amide bonds. The minimum atomic E-state index is -0.254. The molecule has 0 aromatic heterocycles. The zero-order valence-corrected chi connectivity index (χ0v) is 10.3. The van der Waals surface area contributed by atoms with Gasteiger partial charge in [0.2, 0.25) is 0 Å². The molecule has 0 heterocycles. The van der Waals surface area contributed by atoms with Crippen LogP contribution in [-0.2, 0) is 6.61 Å². The molecular weight excluding hydrogens is 229 g/mol. The van der Waals surface area contributed by atoms with E-state index in [0.717, 1.165) is 5.56 Å². The van der Waals surface area contributed by atoms with Crippen LogP contribution in [0.3, 0.4) is 0 Å². The third-order valence-electron chi connectivity index (χ3n) is 2.75. The Bertz CT molecular complexity index is 525. The number of benzene rings is 2. The van der Waals surface area contributed by atoms with Crippen LogP contribution < -0.4 is 10.5 Å². The highest BCUT2D eigenvalue weighted by molar-refractivity contribution is 5.35. The molecule has 2 aromatic carbocycles. The summed E-state index contributed by atoms with van der Waals surface area (Å²) in [7, 11) is 0. The maximum atomic E-state index is 13.4. The molecule has 0 fully saturated rings. The second-order valence-corrected chi connectivity index (χ2v) is 4.21. The van der Waals surface area contributed by atoms with Gasteiger partial charge in [0.15, 0.2) is 0 Å². The first-order chi connectivity index (χ1) is 8.68. The van der Waals surface area contributed by atoms with E-state index in [-0.39, 0.29) is 18.5 Å². The molecule has 94 valence electrons. The van der Waals surface area contributed by atoms with Crippen LogP contribution in [0.5, 0.6) is 5.75 Å². The molecule has 2 aromatic rings. The van der Waals surface area contributed by atoms with Gasteiger partial charge in [-0.1, -0.05) is 36.4 Å². The molecule has 0 radical (unpaired) electrons. The summed E-state index contributed by atoms with van der Waals surface area (Å²) in [4.78, 5) is 0. The number of rotatable bonds is 4. The topological polar surface area (TPSA) is 35.2 Å². The lowest BCUT2D eigenvalue weighted by atomic mass is 10.1. The van der Waals surface area contributed by atoms with Crippen LogP contribution in [0, 0.1) is 5.82 Å². The summed E-state index contributed by atoms with van der Waals surface area (Å²) in [6.07, 6.45) is 0. The Kier molecular flexibility index (Phi) is 3.95. The Balaban J connectivity index is 2.14. The van der Waals surface area contributed by atoms with E-state index < -0.39 is 0 Å². The third-order valence-corrected chi connectivity index (χ3v) is 2.75. The normalized spacial score (nSPS) is 12.2. The van der Waals surface area contributed by atoms with Crippen molar-refractivity contribution in [2.24, 2.45) is 5.73 Å². The van der Waals surface area contributed by atoms with Crippen molar-refractivity contribution in [3.05, 3.63) is 65.5 Å². The first-order valence-electron chi connectivity index (χ1n) is 5.89. The van der Waals surface area contributed by atoms with Gasteiger partial charge < -0.3 is 10.5 Å². The Morgan fingerprint density at radius 1 is 1.11 bits per heavy atom. The van der Waals surface area contributed by atoms with Crippen LogP contribution >= 0.6 is 0 Å². The fourth-order valence-corrected chi connectivity index (χ4v) is 1.76. The molecule has 2 nitrogen and oxygen atoms in total. The lowest BCUT2D eigenvalue weighted by Crippen LogP contribution is -2.08. The predicted molar refractivity (Wildman–Crippen MR) is 69.8 cm³/mol. The highest BCUT2D eigenvalue weighted by Crippen LogP contribution is 2.24. The highest BCUT2D eigenvalue weighted by Gasteiger charge is 2.08. The number of nitrogens with two attached hydrogens (primary N) is 1. The third kappa shape index (κ3) is 2.87. The van der Waals surface area contributed by atoms with E-state index in [0.29, 0.717) is 11.3 Å². The second kappa shape index (κ2) is 5.65. The van der Waals surface area contributed by atoms with Crippen LogP contribution in [0.25, 0.3) is 0 Å². The maximum Gasteiger partial charge on any atom is 0.129 e. The molecule has 3 heteroatoms. The average Bonchev–Trinajstić information content (AvgIpc) is 2.38. The molecule has 2 N–H and O–H groups in total. The van der Waals surface area contributed by atoms with Gasteiger partial charge in [-0.05, 0) is 19.1 Å². The lowest BCUT2D eigenvalue weighted by Gasteiger charge is -2.14. The van der Waals surface area contributed by atoms with Gasteiger partial charge in [-0.25, -0.2) is 4.39 Å². The Morgan fingerprint density at radius 3 is 2.50 bits per heavy atom. The van der Waals surface area contributed by atoms with E-state index in [1.54, 1.807) is 18.2 Å². The molecule has 1 atom stereocenters. The molecule has 1 unspecified atom stereocenters. The highest BCUT2D eigenvalue weighted by atomic mass is 19.1. The quantitative estimate of drug-likeness (QED) is 0.895. The van der Waals surface area contributed by atoms with Crippen LogP contribution in [0.15, 0.2) is 48.5 Å². The van der Waals surface area contributed by atoms with Gasteiger partial charge in [-0.15, -0.1) is 0 Å². The van der Waals surface area contributed by atoms with Crippen molar-refractivity contribution in [1.82, 2.24) is 0 Å². The summed E-state index contributed by atoms with van der Waals surface area (Å²) in [6, 6.07) is 14.0. The van der Waals surface area contributed by atoms with Crippen molar-refractivity contribution in [1.29, 1.82) is 0 Å². The van der Waals surface area contributed by atoms with Gasteiger partial charge in [0.25, 0.3) is 0 Å². The summed E-state index contributed by atoms with van der Waals surface area (Å²) in [5.41, 5.74) is 7.32. The first-order valence-corrected chi connectivity index (χ1v) is 5.89. The maximum absolute atomic E-state index is 13.4. The van der Waals surface area contributed by atoms with Crippen molar-refractivity contribution >= 4 is 0 Å². The molecule has 0 bridgehead atoms. The number of halogens is 1. The molecule has 2 rings (SSSR count). The molecule has 0 spiro atoms. The Hall–Kier alpha value is -1.87. The van der Waals surface area contributed by atoms with E-state index >= 15 is 0 Å². The van der Waals surface area contributed by atoms with Crippen molar-refractivity contribution in [2.75, 3.05) is 0 Å². The molecule has 18 heavy (non-hydrogen) atoms. The first kappa shape index (κ1) is 12.6.